The van der Waals surface area contributed by atoms with Crippen molar-refractivity contribution < 1.29 is 27.1 Å². The zero-order valence-electron chi connectivity index (χ0n) is 17.0. The highest BCUT2D eigenvalue weighted by atomic mass is 19.4. The number of pyridine rings is 1. The number of fused-ring (bicyclic) bond motifs is 2. The molecule has 5 atom stereocenters. The van der Waals surface area contributed by atoms with Crippen LogP contribution < -0.4 is 10.1 Å². The van der Waals surface area contributed by atoms with Crippen molar-refractivity contribution in [3.05, 3.63) is 48.0 Å². The predicted octanol–water partition coefficient (Wildman–Crippen LogP) is 4.79. The minimum Gasteiger partial charge on any atom is -0.490 e. The number of H-pyrrole nitrogens is 1. The summed E-state index contributed by atoms with van der Waals surface area (Å²) in [6.45, 7) is 1.78. The Bertz CT molecular complexity index is 1170. The number of hydrogen-bond donors (Lipinski definition) is 2. The summed E-state index contributed by atoms with van der Waals surface area (Å²) in [7, 11) is 0. The van der Waals surface area contributed by atoms with Crippen molar-refractivity contribution in [3.8, 4) is 5.75 Å². The number of carbonyl (C=O) groups is 1. The quantitative estimate of drug-likeness (QED) is 0.550. The van der Waals surface area contributed by atoms with Gasteiger partial charge in [0, 0.05) is 23.6 Å². The van der Waals surface area contributed by atoms with Gasteiger partial charge in [0.1, 0.15) is 17.3 Å². The van der Waals surface area contributed by atoms with Gasteiger partial charge in [0.05, 0.1) is 11.6 Å². The number of alkyl halides is 3. The lowest BCUT2D eigenvalue weighted by atomic mass is 9.97. The van der Waals surface area contributed by atoms with Crippen LogP contribution in [0.15, 0.2) is 36.5 Å². The smallest absolute Gasteiger partial charge is 0.432 e. The molecule has 0 aliphatic heterocycles. The van der Waals surface area contributed by atoms with Crippen molar-refractivity contribution in [2.24, 2.45) is 23.7 Å². The fraction of sp³-hybridized carbons (Fsp3) is 0.409. The largest absolute Gasteiger partial charge is 0.490 e. The highest BCUT2D eigenvalue weighted by Gasteiger charge is 2.59. The lowest BCUT2D eigenvalue weighted by Crippen LogP contribution is -2.25. The summed E-state index contributed by atoms with van der Waals surface area (Å²) in [6.07, 6.45) is -1.42. The van der Waals surface area contributed by atoms with Crippen LogP contribution in [0.2, 0.25) is 0 Å². The Morgan fingerprint density at radius 1 is 1.22 bits per heavy atom. The third kappa shape index (κ3) is 3.78. The summed E-state index contributed by atoms with van der Waals surface area (Å²) >= 11 is 0. The molecule has 168 valence electrons. The first kappa shape index (κ1) is 20.7. The van der Waals surface area contributed by atoms with E-state index in [1.54, 1.807) is 25.3 Å². The van der Waals surface area contributed by atoms with Crippen LogP contribution >= 0.6 is 0 Å². The average molecular weight is 448 g/mol. The summed E-state index contributed by atoms with van der Waals surface area (Å²) in [5.41, 5.74) is -0.352. The van der Waals surface area contributed by atoms with Gasteiger partial charge in [-0.3, -0.25) is 14.9 Å². The van der Waals surface area contributed by atoms with Crippen LogP contribution in [0.25, 0.3) is 10.9 Å². The molecule has 5 rings (SSSR count). The fourth-order valence-electron chi connectivity index (χ4n) is 5.00. The zero-order chi connectivity index (χ0) is 22.6. The van der Waals surface area contributed by atoms with Crippen LogP contribution in [-0.2, 0) is 11.0 Å². The van der Waals surface area contributed by atoms with Crippen molar-refractivity contribution in [2.45, 2.75) is 32.0 Å². The van der Waals surface area contributed by atoms with Gasteiger partial charge in [-0.05, 0) is 54.9 Å². The molecule has 1 unspecified atom stereocenters. The lowest BCUT2D eigenvalue weighted by molar-refractivity contribution is -0.141. The molecule has 2 saturated carbocycles. The monoisotopic (exact) mass is 448 g/mol. The number of amides is 1. The number of rotatable bonds is 5. The topological polar surface area (TPSA) is 79.9 Å². The SMILES string of the molecule is CC(C(=O)Nc1cc(C(F)(F)F)[nH]n1)[C@H]1[C@@H]2C[C@H](Oc3ccnc4ccc(F)cc34)C[C@@H]21. The number of carbonyl (C=O) groups excluding carboxylic acids is 1. The maximum absolute atomic E-state index is 13.6. The molecular formula is C22H20F4N4O2. The molecule has 32 heavy (non-hydrogen) atoms. The van der Waals surface area contributed by atoms with Crippen molar-refractivity contribution >= 4 is 22.6 Å². The Morgan fingerprint density at radius 2 is 1.97 bits per heavy atom. The summed E-state index contributed by atoms with van der Waals surface area (Å²) in [5, 5.41) is 8.49. The van der Waals surface area contributed by atoms with Crippen LogP contribution in [-0.4, -0.2) is 27.2 Å². The molecule has 1 amide bonds. The van der Waals surface area contributed by atoms with Crippen LogP contribution in [0.4, 0.5) is 23.4 Å². The Balaban J connectivity index is 1.18. The number of aromatic amines is 1. The number of nitrogens with one attached hydrogen (secondary N) is 2. The molecule has 6 nitrogen and oxygen atoms in total. The maximum atomic E-state index is 13.6. The second-order valence-electron chi connectivity index (χ2n) is 8.53. The zero-order valence-corrected chi connectivity index (χ0v) is 17.0. The Labute approximate surface area is 180 Å². The highest BCUT2D eigenvalue weighted by Crippen LogP contribution is 2.61. The van der Waals surface area contributed by atoms with Gasteiger partial charge in [-0.2, -0.15) is 18.3 Å². The Kier molecular flexibility index (Phi) is 4.83. The number of anilines is 1. The molecule has 10 heteroatoms. The number of nitrogens with zero attached hydrogens (tertiary/aromatic N) is 2. The van der Waals surface area contributed by atoms with Gasteiger partial charge < -0.3 is 10.1 Å². The standard InChI is InChI=1S/C22H20F4N4O2/c1-10(21(31)28-19-9-18(29-30-19)22(24,25)26)20-13-7-12(8-14(13)20)32-17-4-5-27-16-3-2-11(23)6-15(16)17/h2-6,9-10,12-14,20H,7-8H2,1H3,(H2,28,29,30,31)/t10?,12-,13+,14-,20-. The summed E-state index contributed by atoms with van der Waals surface area (Å²) in [4.78, 5) is 16.7. The Morgan fingerprint density at radius 3 is 2.66 bits per heavy atom. The predicted molar refractivity (Wildman–Crippen MR) is 107 cm³/mol. The van der Waals surface area contributed by atoms with E-state index in [2.05, 4.69) is 15.4 Å². The van der Waals surface area contributed by atoms with E-state index in [-0.39, 0.29) is 35.5 Å². The van der Waals surface area contributed by atoms with Gasteiger partial charge in [0.2, 0.25) is 5.91 Å². The maximum Gasteiger partial charge on any atom is 0.432 e. The number of benzene rings is 1. The molecule has 2 fully saturated rings. The number of hydrogen-bond acceptors (Lipinski definition) is 4. The van der Waals surface area contributed by atoms with E-state index in [4.69, 9.17) is 4.74 Å². The number of ether oxygens (including phenoxy) is 1. The van der Waals surface area contributed by atoms with E-state index in [0.717, 1.165) is 18.9 Å². The van der Waals surface area contributed by atoms with Gasteiger partial charge in [-0.25, -0.2) is 4.39 Å². The Hall–Kier alpha value is -3.17. The molecular weight excluding hydrogens is 428 g/mol. The fourth-order valence-corrected chi connectivity index (χ4v) is 5.00. The van der Waals surface area contributed by atoms with Crippen molar-refractivity contribution in [1.29, 1.82) is 0 Å². The lowest BCUT2D eigenvalue weighted by Gasteiger charge is -2.20. The van der Waals surface area contributed by atoms with Gasteiger partial charge in [-0.15, -0.1) is 0 Å². The van der Waals surface area contributed by atoms with E-state index in [9.17, 15) is 22.4 Å². The highest BCUT2D eigenvalue weighted by molar-refractivity contribution is 5.92. The van der Waals surface area contributed by atoms with E-state index in [1.165, 1.54) is 12.1 Å². The third-order valence-electron chi connectivity index (χ3n) is 6.55. The van der Waals surface area contributed by atoms with E-state index < -0.39 is 11.9 Å². The summed E-state index contributed by atoms with van der Waals surface area (Å²) < 4.78 is 57.8. The van der Waals surface area contributed by atoms with Crippen molar-refractivity contribution in [2.75, 3.05) is 5.32 Å². The molecule has 0 spiro atoms. The van der Waals surface area contributed by atoms with Crippen LogP contribution in [0.5, 0.6) is 5.75 Å². The molecule has 2 N–H and O–H groups in total. The molecule has 1 aromatic carbocycles. The van der Waals surface area contributed by atoms with Gasteiger partial charge in [-0.1, -0.05) is 6.92 Å². The second kappa shape index (κ2) is 7.46. The first-order valence-corrected chi connectivity index (χ1v) is 10.3. The molecule has 2 aliphatic rings. The van der Waals surface area contributed by atoms with Crippen LogP contribution in [0, 0.1) is 29.5 Å². The van der Waals surface area contributed by atoms with E-state index in [1.807, 2.05) is 5.10 Å². The van der Waals surface area contributed by atoms with E-state index in [0.29, 0.717) is 28.5 Å². The van der Waals surface area contributed by atoms with Gasteiger partial charge in [0.25, 0.3) is 0 Å². The molecule has 0 radical (unpaired) electrons. The van der Waals surface area contributed by atoms with Crippen LogP contribution in [0.3, 0.4) is 0 Å². The normalized spacial score (nSPS) is 25.4. The first-order valence-electron chi connectivity index (χ1n) is 10.3. The first-order chi connectivity index (χ1) is 15.2. The molecule has 2 heterocycles. The third-order valence-corrected chi connectivity index (χ3v) is 6.55. The number of halogens is 4. The van der Waals surface area contributed by atoms with E-state index >= 15 is 0 Å². The minimum atomic E-state index is -4.55. The minimum absolute atomic E-state index is 0.0361. The van der Waals surface area contributed by atoms with Gasteiger partial charge >= 0.3 is 6.18 Å². The van der Waals surface area contributed by atoms with Crippen LogP contribution in [0.1, 0.15) is 25.5 Å². The molecule has 0 saturated heterocycles. The van der Waals surface area contributed by atoms with Gasteiger partial charge in [0.15, 0.2) is 5.82 Å². The van der Waals surface area contributed by atoms with Crippen molar-refractivity contribution in [3.63, 3.8) is 0 Å². The molecule has 0 bridgehead atoms. The molecule has 2 aliphatic carbocycles. The average Bonchev–Trinajstić information content (AvgIpc) is 3.08. The summed E-state index contributed by atoms with van der Waals surface area (Å²) in [5.74, 6) is 0.169. The van der Waals surface area contributed by atoms with Crippen molar-refractivity contribution in [1.82, 2.24) is 15.2 Å². The summed E-state index contributed by atoms with van der Waals surface area (Å²) in [6, 6.07) is 6.87. The second-order valence-corrected chi connectivity index (χ2v) is 8.53. The number of aromatic nitrogens is 3. The molecule has 2 aromatic heterocycles. The molecule has 3 aromatic rings.